The molecule has 1 aromatic carbocycles. The predicted octanol–water partition coefficient (Wildman–Crippen LogP) is 4.47. The standard InChI is InChI=1S/C27H33N7/c1-19-14-21(7-8-25(19)34-18-22-15-23(34)17-32(22)2)30-27-28-11-10-24(31-27)20-6-9-26(29-16-20)33-12-4-3-5-13-33/h6-11,14,16,22-23H,3-5,12-13,15,17-18H2,1-2H3,(H,28,30,31)/t22-,23-/m0/s1. The Balaban J connectivity index is 1.16. The van der Waals surface area contributed by atoms with Crippen molar-refractivity contribution in [3.63, 3.8) is 0 Å². The molecule has 3 fully saturated rings. The third-order valence-electron chi connectivity index (χ3n) is 7.66. The Kier molecular flexibility index (Phi) is 5.57. The van der Waals surface area contributed by atoms with Crippen LogP contribution >= 0.6 is 0 Å². The maximum absolute atomic E-state index is 4.76. The molecule has 0 amide bonds. The highest BCUT2D eigenvalue weighted by atomic mass is 15.3. The lowest BCUT2D eigenvalue weighted by atomic mass is 10.1. The van der Waals surface area contributed by atoms with Crippen molar-refractivity contribution in [3.8, 4) is 11.3 Å². The van der Waals surface area contributed by atoms with Crippen LogP contribution in [0.15, 0.2) is 48.8 Å². The molecule has 34 heavy (non-hydrogen) atoms. The second-order valence-electron chi connectivity index (χ2n) is 9.98. The number of piperazine rings is 1. The van der Waals surface area contributed by atoms with Gasteiger partial charge < -0.3 is 15.1 Å². The number of nitrogens with zero attached hydrogens (tertiary/aromatic N) is 6. The third-order valence-corrected chi connectivity index (χ3v) is 7.66. The van der Waals surface area contributed by atoms with E-state index >= 15 is 0 Å². The molecule has 0 aliphatic carbocycles. The first-order chi connectivity index (χ1) is 16.6. The highest BCUT2D eigenvalue weighted by Crippen LogP contribution is 2.36. The predicted molar refractivity (Wildman–Crippen MR) is 138 cm³/mol. The lowest BCUT2D eigenvalue weighted by Gasteiger charge is -2.34. The molecule has 0 spiro atoms. The molecule has 5 heterocycles. The van der Waals surface area contributed by atoms with Crippen molar-refractivity contribution in [1.82, 2.24) is 19.9 Å². The molecule has 2 bridgehead atoms. The highest BCUT2D eigenvalue weighted by molar-refractivity contribution is 5.66. The van der Waals surface area contributed by atoms with Gasteiger partial charge in [0.2, 0.25) is 5.95 Å². The zero-order valence-corrected chi connectivity index (χ0v) is 20.1. The molecule has 6 rings (SSSR count). The van der Waals surface area contributed by atoms with Crippen LogP contribution in [-0.4, -0.2) is 65.2 Å². The number of nitrogens with one attached hydrogen (secondary N) is 1. The summed E-state index contributed by atoms with van der Waals surface area (Å²) in [7, 11) is 2.25. The molecule has 2 atom stereocenters. The quantitative estimate of drug-likeness (QED) is 0.609. The second kappa shape index (κ2) is 8.87. The van der Waals surface area contributed by atoms with E-state index in [9.17, 15) is 0 Å². The van der Waals surface area contributed by atoms with E-state index in [4.69, 9.17) is 9.97 Å². The molecular weight excluding hydrogens is 422 g/mol. The van der Waals surface area contributed by atoms with Gasteiger partial charge in [-0.2, -0.15) is 0 Å². The van der Waals surface area contributed by atoms with Crippen molar-refractivity contribution in [2.24, 2.45) is 0 Å². The molecule has 7 nitrogen and oxygen atoms in total. The molecule has 1 N–H and O–H groups in total. The van der Waals surface area contributed by atoms with Gasteiger partial charge >= 0.3 is 0 Å². The number of fused-ring (bicyclic) bond motifs is 2. The van der Waals surface area contributed by atoms with E-state index in [0.29, 0.717) is 18.0 Å². The first-order valence-corrected chi connectivity index (χ1v) is 12.5. The van der Waals surface area contributed by atoms with Gasteiger partial charge in [-0.05, 0) is 81.6 Å². The fourth-order valence-electron chi connectivity index (χ4n) is 5.77. The number of hydrogen-bond donors (Lipinski definition) is 1. The van der Waals surface area contributed by atoms with Gasteiger partial charge in [-0.15, -0.1) is 0 Å². The average molecular weight is 456 g/mol. The molecular formula is C27H33N7. The Labute approximate surface area is 201 Å². The minimum atomic E-state index is 0.603. The van der Waals surface area contributed by atoms with Crippen LogP contribution in [0.1, 0.15) is 31.2 Å². The molecule has 3 aromatic rings. The van der Waals surface area contributed by atoms with Gasteiger partial charge in [-0.1, -0.05) is 0 Å². The second-order valence-corrected chi connectivity index (χ2v) is 9.98. The summed E-state index contributed by atoms with van der Waals surface area (Å²) in [5.74, 6) is 1.66. The lowest BCUT2D eigenvalue weighted by molar-refractivity contribution is 0.292. The van der Waals surface area contributed by atoms with Crippen LogP contribution in [-0.2, 0) is 0 Å². The van der Waals surface area contributed by atoms with Crippen LogP contribution < -0.4 is 15.1 Å². The number of rotatable bonds is 5. The number of aromatic nitrogens is 3. The van der Waals surface area contributed by atoms with E-state index in [1.807, 2.05) is 18.5 Å². The third kappa shape index (κ3) is 4.09. The van der Waals surface area contributed by atoms with Crippen LogP contribution in [0.3, 0.4) is 0 Å². The van der Waals surface area contributed by atoms with E-state index < -0.39 is 0 Å². The maximum atomic E-state index is 4.76. The highest BCUT2D eigenvalue weighted by Gasteiger charge is 2.41. The summed E-state index contributed by atoms with van der Waals surface area (Å²) < 4.78 is 0. The molecule has 3 aliphatic heterocycles. The van der Waals surface area contributed by atoms with Crippen LogP contribution in [0.25, 0.3) is 11.3 Å². The summed E-state index contributed by atoms with van der Waals surface area (Å²) in [6.45, 7) is 6.69. The van der Waals surface area contributed by atoms with Crippen molar-refractivity contribution in [3.05, 3.63) is 54.4 Å². The van der Waals surface area contributed by atoms with E-state index in [-0.39, 0.29) is 0 Å². The van der Waals surface area contributed by atoms with Crippen LogP contribution in [0.4, 0.5) is 23.1 Å². The average Bonchev–Trinajstić information content (AvgIpc) is 3.45. The summed E-state index contributed by atoms with van der Waals surface area (Å²) in [6, 6.07) is 14.1. The summed E-state index contributed by atoms with van der Waals surface area (Å²) in [5, 5.41) is 3.40. The molecule has 7 heteroatoms. The Hall–Kier alpha value is -3.19. The SMILES string of the molecule is Cc1cc(Nc2nccc(-c3ccc(N4CCCCC4)nc3)n2)ccc1N1C[C@@H]2C[C@H]1CN2C. The van der Waals surface area contributed by atoms with Crippen LogP contribution in [0, 0.1) is 6.92 Å². The fraction of sp³-hybridized carbons (Fsp3) is 0.444. The van der Waals surface area contributed by atoms with Crippen LogP contribution in [0.5, 0.6) is 0 Å². The molecule has 0 radical (unpaired) electrons. The minimum absolute atomic E-state index is 0.603. The van der Waals surface area contributed by atoms with Gasteiger partial charge in [0.25, 0.3) is 0 Å². The molecule has 2 aromatic heterocycles. The Morgan fingerprint density at radius 1 is 0.941 bits per heavy atom. The number of hydrogen-bond acceptors (Lipinski definition) is 7. The smallest absolute Gasteiger partial charge is 0.227 e. The molecule has 3 aliphatic rings. The van der Waals surface area contributed by atoms with Gasteiger partial charge in [0.15, 0.2) is 0 Å². The Morgan fingerprint density at radius 3 is 2.53 bits per heavy atom. The largest absolute Gasteiger partial charge is 0.365 e. The lowest BCUT2D eigenvalue weighted by Crippen LogP contribution is -2.44. The Bertz CT molecular complexity index is 1150. The Morgan fingerprint density at radius 2 is 1.82 bits per heavy atom. The molecule has 0 unspecified atom stereocenters. The van der Waals surface area contributed by atoms with Crippen molar-refractivity contribution in [1.29, 1.82) is 0 Å². The van der Waals surface area contributed by atoms with E-state index in [1.165, 1.54) is 43.5 Å². The van der Waals surface area contributed by atoms with Gasteiger partial charge in [0.05, 0.1) is 5.69 Å². The van der Waals surface area contributed by atoms with Gasteiger partial charge in [0, 0.05) is 67.6 Å². The van der Waals surface area contributed by atoms with E-state index in [2.05, 4.69) is 69.3 Å². The molecule has 176 valence electrons. The van der Waals surface area contributed by atoms with Gasteiger partial charge in [-0.25, -0.2) is 15.0 Å². The number of pyridine rings is 1. The van der Waals surface area contributed by atoms with Crippen molar-refractivity contribution in [2.45, 2.75) is 44.7 Å². The van der Waals surface area contributed by atoms with Crippen molar-refractivity contribution < 1.29 is 0 Å². The zero-order chi connectivity index (χ0) is 23.1. The fourth-order valence-corrected chi connectivity index (χ4v) is 5.77. The topological polar surface area (TPSA) is 60.4 Å². The summed E-state index contributed by atoms with van der Waals surface area (Å²) in [4.78, 5) is 21.4. The number of anilines is 4. The summed E-state index contributed by atoms with van der Waals surface area (Å²) in [5.41, 5.74) is 5.53. The molecule has 0 saturated carbocycles. The minimum Gasteiger partial charge on any atom is -0.365 e. The number of aryl methyl sites for hydroxylation is 1. The first kappa shape index (κ1) is 21.4. The van der Waals surface area contributed by atoms with Crippen LogP contribution in [0.2, 0.25) is 0 Å². The van der Waals surface area contributed by atoms with Gasteiger partial charge in [0.1, 0.15) is 5.82 Å². The summed E-state index contributed by atoms with van der Waals surface area (Å²) in [6.07, 6.45) is 8.84. The monoisotopic (exact) mass is 455 g/mol. The van der Waals surface area contributed by atoms with E-state index in [1.54, 1.807) is 0 Å². The zero-order valence-electron chi connectivity index (χ0n) is 20.1. The summed E-state index contributed by atoms with van der Waals surface area (Å²) >= 11 is 0. The first-order valence-electron chi connectivity index (χ1n) is 12.5. The van der Waals surface area contributed by atoms with Crippen molar-refractivity contribution >= 4 is 23.1 Å². The number of piperidine rings is 1. The number of likely N-dealkylation sites (tertiary alicyclic amines) is 1. The number of likely N-dealkylation sites (N-methyl/N-ethyl adjacent to an activating group) is 1. The molecule has 3 saturated heterocycles. The van der Waals surface area contributed by atoms with Gasteiger partial charge in [-0.3, -0.25) is 4.90 Å². The number of benzene rings is 1. The normalized spacial score (nSPS) is 22.4. The maximum Gasteiger partial charge on any atom is 0.227 e. The van der Waals surface area contributed by atoms with E-state index in [0.717, 1.165) is 42.4 Å². The van der Waals surface area contributed by atoms with Crippen molar-refractivity contribution in [2.75, 3.05) is 48.3 Å².